The highest BCUT2D eigenvalue weighted by atomic mass is 79.9. The predicted octanol–water partition coefficient (Wildman–Crippen LogP) is 3.03. The molecule has 3 rings (SSSR count). The summed E-state index contributed by atoms with van der Waals surface area (Å²) in [6, 6.07) is 8.07. The van der Waals surface area contributed by atoms with Crippen LogP contribution >= 0.6 is 27.3 Å². The fourth-order valence-corrected chi connectivity index (χ4v) is 3.77. The van der Waals surface area contributed by atoms with Crippen molar-refractivity contribution in [3.05, 3.63) is 44.6 Å². The predicted molar refractivity (Wildman–Crippen MR) is 83.2 cm³/mol. The normalized spacial score (nSPS) is 15.1. The van der Waals surface area contributed by atoms with Gasteiger partial charge in [0.1, 0.15) is 13.2 Å². The molecule has 1 aliphatic rings. The summed E-state index contributed by atoms with van der Waals surface area (Å²) in [6.07, 6.45) is 0.828. The summed E-state index contributed by atoms with van der Waals surface area (Å²) in [5.41, 5.74) is 3.97. The number of benzene rings is 1. The lowest BCUT2D eigenvalue weighted by Gasteiger charge is -2.21. The smallest absolute Gasteiger partial charge is 0.161 e. The SMILES string of the molecule is NNC(Cc1sccc1Br)c1ccc2c(c1)OCCO2. The number of rotatable bonds is 4. The van der Waals surface area contributed by atoms with Crippen LogP contribution in [-0.4, -0.2) is 13.2 Å². The maximum atomic E-state index is 5.71. The number of thiophene rings is 1. The van der Waals surface area contributed by atoms with Gasteiger partial charge in [-0.25, -0.2) is 0 Å². The van der Waals surface area contributed by atoms with Crippen molar-refractivity contribution in [1.29, 1.82) is 0 Å². The standard InChI is InChI=1S/C14H15BrN2O2S/c15-10-3-6-20-14(10)8-11(17-16)9-1-2-12-13(7-9)19-5-4-18-12/h1-3,6-7,11,17H,4-5,8,16H2. The van der Waals surface area contributed by atoms with Gasteiger partial charge in [-0.05, 0) is 45.1 Å². The molecule has 20 heavy (non-hydrogen) atoms. The highest BCUT2D eigenvalue weighted by Crippen LogP contribution is 2.34. The van der Waals surface area contributed by atoms with Gasteiger partial charge in [0.15, 0.2) is 11.5 Å². The van der Waals surface area contributed by atoms with Crippen molar-refractivity contribution in [3.63, 3.8) is 0 Å². The number of nitrogens with one attached hydrogen (secondary N) is 1. The zero-order valence-electron chi connectivity index (χ0n) is 10.8. The van der Waals surface area contributed by atoms with Crippen molar-refractivity contribution in [3.8, 4) is 11.5 Å². The van der Waals surface area contributed by atoms with Crippen LogP contribution < -0.4 is 20.7 Å². The van der Waals surface area contributed by atoms with Gasteiger partial charge in [0.25, 0.3) is 0 Å². The van der Waals surface area contributed by atoms with Crippen LogP contribution in [0, 0.1) is 0 Å². The first-order valence-electron chi connectivity index (χ1n) is 6.35. The minimum absolute atomic E-state index is 0.0424. The molecule has 0 saturated heterocycles. The molecule has 1 atom stereocenters. The zero-order chi connectivity index (χ0) is 13.9. The molecule has 1 aromatic carbocycles. The van der Waals surface area contributed by atoms with Crippen LogP contribution in [-0.2, 0) is 6.42 Å². The maximum absolute atomic E-state index is 5.71. The number of halogens is 1. The Hall–Kier alpha value is -1.08. The summed E-state index contributed by atoms with van der Waals surface area (Å²) in [4.78, 5) is 1.27. The molecule has 1 aliphatic heterocycles. The Labute approximate surface area is 130 Å². The third kappa shape index (κ3) is 2.83. The van der Waals surface area contributed by atoms with E-state index < -0.39 is 0 Å². The van der Waals surface area contributed by atoms with Crippen LogP contribution in [0.15, 0.2) is 34.1 Å². The minimum Gasteiger partial charge on any atom is -0.486 e. The third-order valence-corrected chi connectivity index (χ3v) is 5.20. The lowest BCUT2D eigenvalue weighted by molar-refractivity contribution is 0.171. The molecule has 0 saturated carbocycles. The average Bonchev–Trinajstić information content (AvgIpc) is 2.89. The summed E-state index contributed by atoms with van der Waals surface area (Å²) in [5, 5.41) is 2.07. The van der Waals surface area contributed by atoms with E-state index in [4.69, 9.17) is 15.3 Å². The summed E-state index contributed by atoms with van der Waals surface area (Å²) in [6.45, 7) is 1.20. The molecule has 2 aromatic rings. The fourth-order valence-electron chi connectivity index (χ4n) is 2.21. The first kappa shape index (κ1) is 13.9. The summed E-state index contributed by atoms with van der Waals surface area (Å²) in [7, 11) is 0. The lowest BCUT2D eigenvalue weighted by Crippen LogP contribution is -2.29. The topological polar surface area (TPSA) is 56.5 Å². The minimum atomic E-state index is 0.0424. The van der Waals surface area contributed by atoms with Gasteiger partial charge in [-0.15, -0.1) is 11.3 Å². The summed E-state index contributed by atoms with van der Waals surface area (Å²) >= 11 is 5.27. The molecule has 0 radical (unpaired) electrons. The van der Waals surface area contributed by atoms with Gasteiger partial charge in [-0.2, -0.15) is 0 Å². The molecule has 0 spiro atoms. The first-order valence-corrected chi connectivity index (χ1v) is 8.02. The van der Waals surface area contributed by atoms with Crippen LogP contribution in [0.25, 0.3) is 0 Å². The van der Waals surface area contributed by atoms with E-state index >= 15 is 0 Å². The van der Waals surface area contributed by atoms with Crippen molar-refractivity contribution in [2.45, 2.75) is 12.5 Å². The molecule has 106 valence electrons. The zero-order valence-corrected chi connectivity index (χ0v) is 13.2. The molecule has 0 fully saturated rings. The van der Waals surface area contributed by atoms with Crippen LogP contribution in [0.5, 0.6) is 11.5 Å². The van der Waals surface area contributed by atoms with E-state index in [1.54, 1.807) is 11.3 Å². The highest BCUT2D eigenvalue weighted by molar-refractivity contribution is 9.10. The molecular formula is C14H15BrN2O2S. The van der Waals surface area contributed by atoms with Crippen LogP contribution in [0.3, 0.4) is 0 Å². The van der Waals surface area contributed by atoms with Gasteiger partial charge < -0.3 is 9.47 Å². The van der Waals surface area contributed by atoms with Crippen LogP contribution in [0.4, 0.5) is 0 Å². The Morgan fingerprint density at radius 2 is 2.05 bits per heavy atom. The van der Waals surface area contributed by atoms with Gasteiger partial charge in [0.05, 0.1) is 6.04 Å². The maximum Gasteiger partial charge on any atom is 0.161 e. The second-order valence-electron chi connectivity index (χ2n) is 4.52. The molecule has 0 aliphatic carbocycles. The number of hydrogen-bond acceptors (Lipinski definition) is 5. The second-order valence-corrected chi connectivity index (χ2v) is 6.37. The Balaban J connectivity index is 1.84. The van der Waals surface area contributed by atoms with E-state index in [1.165, 1.54) is 4.88 Å². The molecular weight excluding hydrogens is 340 g/mol. The molecule has 6 heteroatoms. The van der Waals surface area contributed by atoms with E-state index in [0.717, 1.165) is 28.0 Å². The van der Waals surface area contributed by atoms with Gasteiger partial charge in [0.2, 0.25) is 0 Å². The highest BCUT2D eigenvalue weighted by Gasteiger charge is 2.17. The number of fused-ring (bicyclic) bond motifs is 1. The Kier molecular flexibility index (Phi) is 4.26. The van der Waals surface area contributed by atoms with Crippen molar-refractivity contribution in [2.75, 3.05) is 13.2 Å². The number of hydrazine groups is 1. The van der Waals surface area contributed by atoms with E-state index in [9.17, 15) is 0 Å². The lowest BCUT2D eigenvalue weighted by atomic mass is 10.0. The molecule has 3 N–H and O–H groups in total. The third-order valence-electron chi connectivity index (χ3n) is 3.25. The van der Waals surface area contributed by atoms with Crippen molar-refractivity contribution >= 4 is 27.3 Å². The largest absolute Gasteiger partial charge is 0.486 e. The monoisotopic (exact) mass is 354 g/mol. The van der Waals surface area contributed by atoms with Gasteiger partial charge in [0, 0.05) is 15.8 Å². The molecule has 1 aromatic heterocycles. The summed E-state index contributed by atoms with van der Waals surface area (Å²) < 4.78 is 12.3. The molecule has 0 amide bonds. The molecule has 0 bridgehead atoms. The molecule has 2 heterocycles. The quantitative estimate of drug-likeness (QED) is 0.654. The van der Waals surface area contributed by atoms with E-state index in [1.807, 2.05) is 18.2 Å². The first-order chi connectivity index (χ1) is 9.78. The van der Waals surface area contributed by atoms with Gasteiger partial charge in [-0.3, -0.25) is 11.3 Å². The Morgan fingerprint density at radius 3 is 2.75 bits per heavy atom. The Morgan fingerprint density at radius 1 is 1.25 bits per heavy atom. The van der Waals surface area contributed by atoms with Crippen LogP contribution in [0.2, 0.25) is 0 Å². The second kappa shape index (κ2) is 6.13. The van der Waals surface area contributed by atoms with Crippen molar-refractivity contribution in [2.24, 2.45) is 5.84 Å². The number of nitrogens with two attached hydrogens (primary N) is 1. The van der Waals surface area contributed by atoms with E-state index in [-0.39, 0.29) is 6.04 Å². The number of hydrogen-bond donors (Lipinski definition) is 2. The van der Waals surface area contributed by atoms with E-state index in [2.05, 4.69) is 32.8 Å². The van der Waals surface area contributed by atoms with Crippen LogP contribution in [0.1, 0.15) is 16.5 Å². The van der Waals surface area contributed by atoms with Gasteiger partial charge in [-0.1, -0.05) is 6.07 Å². The molecule has 4 nitrogen and oxygen atoms in total. The number of ether oxygens (including phenoxy) is 2. The van der Waals surface area contributed by atoms with E-state index in [0.29, 0.717) is 13.2 Å². The van der Waals surface area contributed by atoms with Crippen molar-refractivity contribution in [1.82, 2.24) is 5.43 Å². The fraction of sp³-hybridized carbons (Fsp3) is 0.286. The average molecular weight is 355 g/mol. The summed E-state index contributed by atoms with van der Waals surface area (Å²) in [5.74, 6) is 7.30. The Bertz CT molecular complexity index is 603. The van der Waals surface area contributed by atoms with Gasteiger partial charge >= 0.3 is 0 Å². The van der Waals surface area contributed by atoms with Crippen molar-refractivity contribution < 1.29 is 9.47 Å². The molecule has 1 unspecified atom stereocenters.